The second-order valence-corrected chi connectivity index (χ2v) is 5.29. The first-order valence-electron chi connectivity index (χ1n) is 7.79. The summed E-state index contributed by atoms with van der Waals surface area (Å²) in [5.74, 6) is 1.31. The van der Waals surface area contributed by atoms with Gasteiger partial charge in [-0.25, -0.2) is 0 Å². The molecule has 0 spiro atoms. The minimum absolute atomic E-state index is 0.329. The highest BCUT2D eigenvalue weighted by atomic mass is 16.5. The minimum atomic E-state index is -0.416. The lowest BCUT2D eigenvalue weighted by Gasteiger charge is -2.22. The molecule has 3 N–H and O–H groups in total. The third kappa shape index (κ3) is 4.80. The Kier molecular flexibility index (Phi) is 7.63. The summed E-state index contributed by atoms with van der Waals surface area (Å²) < 4.78 is 5.70. The van der Waals surface area contributed by atoms with Crippen LogP contribution in [0.4, 0.5) is 0 Å². The summed E-state index contributed by atoms with van der Waals surface area (Å²) in [5.41, 5.74) is 8.17. The van der Waals surface area contributed by atoms with Crippen LogP contribution >= 0.6 is 0 Å². The maximum Gasteiger partial charge on any atom is 0.119 e. The van der Waals surface area contributed by atoms with Crippen molar-refractivity contribution in [1.29, 1.82) is 0 Å². The van der Waals surface area contributed by atoms with Gasteiger partial charge in [0.1, 0.15) is 5.75 Å². The average Bonchev–Trinajstić information content (AvgIpc) is 2.50. The van der Waals surface area contributed by atoms with E-state index in [2.05, 4.69) is 32.9 Å². The molecule has 0 saturated heterocycles. The molecular weight excluding hydrogens is 250 g/mol. The Morgan fingerprint density at radius 3 is 2.55 bits per heavy atom. The molecule has 0 heterocycles. The Morgan fingerprint density at radius 1 is 1.25 bits per heavy atom. The Morgan fingerprint density at radius 2 is 2.00 bits per heavy atom. The van der Waals surface area contributed by atoms with E-state index in [1.807, 2.05) is 6.07 Å². The molecule has 0 saturated carbocycles. The highest BCUT2D eigenvalue weighted by Crippen LogP contribution is 2.30. The zero-order valence-corrected chi connectivity index (χ0v) is 13.1. The summed E-state index contributed by atoms with van der Waals surface area (Å²) in [6, 6.07) is 6.34. The molecule has 3 heteroatoms. The Labute approximate surface area is 123 Å². The third-order valence-corrected chi connectivity index (χ3v) is 3.73. The lowest BCUT2D eigenvalue weighted by molar-refractivity contribution is 0.162. The standard InChI is InChI=1S/C17H29NO2/c1-4-9-20-16-7-8-17(14(6-3)11-16)13(5-2)10-15(19)12-18/h7-8,11,13,15,19H,4-6,9-10,12,18H2,1-3H3. The monoisotopic (exact) mass is 279 g/mol. The number of aliphatic hydroxyl groups excluding tert-OH is 1. The van der Waals surface area contributed by atoms with Crippen LogP contribution in [-0.2, 0) is 6.42 Å². The number of ether oxygens (including phenoxy) is 1. The van der Waals surface area contributed by atoms with Crippen molar-refractivity contribution >= 4 is 0 Å². The van der Waals surface area contributed by atoms with E-state index in [9.17, 15) is 5.11 Å². The molecule has 0 fully saturated rings. The van der Waals surface area contributed by atoms with E-state index in [0.717, 1.165) is 38.0 Å². The fourth-order valence-electron chi connectivity index (χ4n) is 2.53. The highest BCUT2D eigenvalue weighted by molar-refractivity contribution is 5.38. The fourth-order valence-corrected chi connectivity index (χ4v) is 2.53. The van der Waals surface area contributed by atoms with Gasteiger partial charge in [-0.05, 0) is 54.9 Å². The van der Waals surface area contributed by atoms with Crippen molar-refractivity contribution < 1.29 is 9.84 Å². The second-order valence-electron chi connectivity index (χ2n) is 5.29. The van der Waals surface area contributed by atoms with Gasteiger partial charge in [0.15, 0.2) is 0 Å². The van der Waals surface area contributed by atoms with E-state index in [0.29, 0.717) is 12.5 Å². The Balaban J connectivity index is 2.91. The van der Waals surface area contributed by atoms with Gasteiger partial charge in [0.05, 0.1) is 12.7 Å². The summed E-state index contributed by atoms with van der Waals surface area (Å²) in [6.07, 6.45) is 3.33. The van der Waals surface area contributed by atoms with Gasteiger partial charge in [-0.3, -0.25) is 0 Å². The molecule has 0 amide bonds. The van der Waals surface area contributed by atoms with Crippen molar-refractivity contribution in [1.82, 2.24) is 0 Å². The van der Waals surface area contributed by atoms with Crippen LogP contribution in [0, 0.1) is 0 Å². The number of benzene rings is 1. The summed E-state index contributed by atoms with van der Waals surface area (Å²) in [7, 11) is 0. The molecule has 0 aliphatic carbocycles. The largest absolute Gasteiger partial charge is 0.494 e. The first-order chi connectivity index (χ1) is 9.65. The number of aryl methyl sites for hydroxylation is 1. The van der Waals surface area contributed by atoms with Crippen LogP contribution in [-0.4, -0.2) is 24.4 Å². The molecular formula is C17H29NO2. The number of aliphatic hydroxyl groups is 1. The number of hydrogen-bond acceptors (Lipinski definition) is 3. The third-order valence-electron chi connectivity index (χ3n) is 3.73. The molecule has 1 rings (SSSR count). The zero-order valence-electron chi connectivity index (χ0n) is 13.1. The van der Waals surface area contributed by atoms with E-state index in [-0.39, 0.29) is 0 Å². The summed E-state index contributed by atoms with van der Waals surface area (Å²) >= 11 is 0. The number of nitrogens with two attached hydrogens (primary N) is 1. The summed E-state index contributed by atoms with van der Waals surface area (Å²) in [5, 5.41) is 9.81. The SMILES string of the molecule is CCCOc1ccc(C(CC)CC(O)CN)c(CC)c1. The highest BCUT2D eigenvalue weighted by Gasteiger charge is 2.17. The van der Waals surface area contributed by atoms with Crippen LogP contribution in [0.25, 0.3) is 0 Å². The maximum atomic E-state index is 9.81. The van der Waals surface area contributed by atoms with Crippen LogP contribution in [0.3, 0.4) is 0 Å². The normalized spacial score (nSPS) is 14.1. The summed E-state index contributed by atoms with van der Waals surface area (Å²) in [4.78, 5) is 0. The van der Waals surface area contributed by atoms with Gasteiger partial charge >= 0.3 is 0 Å². The Bertz CT molecular complexity index is 393. The maximum absolute atomic E-state index is 9.81. The summed E-state index contributed by atoms with van der Waals surface area (Å²) in [6.45, 7) is 7.51. The van der Waals surface area contributed by atoms with E-state index < -0.39 is 6.10 Å². The molecule has 114 valence electrons. The molecule has 0 aromatic heterocycles. The quantitative estimate of drug-likeness (QED) is 0.729. The molecule has 0 aliphatic heterocycles. The van der Waals surface area contributed by atoms with Crippen molar-refractivity contribution in [3.63, 3.8) is 0 Å². The molecule has 1 aromatic carbocycles. The topological polar surface area (TPSA) is 55.5 Å². The van der Waals surface area contributed by atoms with Crippen LogP contribution in [0.15, 0.2) is 18.2 Å². The second kappa shape index (κ2) is 8.98. The lowest BCUT2D eigenvalue weighted by Crippen LogP contribution is -2.22. The van der Waals surface area contributed by atoms with Crippen LogP contribution in [0.2, 0.25) is 0 Å². The van der Waals surface area contributed by atoms with E-state index in [1.54, 1.807) is 0 Å². The molecule has 0 bridgehead atoms. The van der Waals surface area contributed by atoms with Crippen molar-refractivity contribution in [2.24, 2.45) is 5.73 Å². The van der Waals surface area contributed by atoms with Gasteiger partial charge < -0.3 is 15.6 Å². The lowest BCUT2D eigenvalue weighted by atomic mass is 9.87. The molecule has 1 aromatic rings. The van der Waals surface area contributed by atoms with Gasteiger partial charge in [-0.15, -0.1) is 0 Å². The van der Waals surface area contributed by atoms with E-state index >= 15 is 0 Å². The van der Waals surface area contributed by atoms with Crippen molar-refractivity contribution in [2.45, 2.75) is 58.5 Å². The van der Waals surface area contributed by atoms with Gasteiger partial charge in [0.2, 0.25) is 0 Å². The van der Waals surface area contributed by atoms with Crippen LogP contribution < -0.4 is 10.5 Å². The van der Waals surface area contributed by atoms with Crippen LogP contribution in [0.5, 0.6) is 5.75 Å². The Hall–Kier alpha value is -1.06. The molecule has 0 radical (unpaired) electrons. The van der Waals surface area contributed by atoms with Crippen molar-refractivity contribution in [3.05, 3.63) is 29.3 Å². The van der Waals surface area contributed by atoms with E-state index in [1.165, 1.54) is 11.1 Å². The van der Waals surface area contributed by atoms with Crippen LogP contribution in [0.1, 0.15) is 57.1 Å². The smallest absolute Gasteiger partial charge is 0.119 e. The van der Waals surface area contributed by atoms with Gasteiger partial charge in [-0.1, -0.05) is 26.8 Å². The van der Waals surface area contributed by atoms with Crippen molar-refractivity contribution in [2.75, 3.05) is 13.2 Å². The zero-order chi connectivity index (χ0) is 15.0. The predicted octanol–water partition coefficient (Wildman–Crippen LogP) is 3.24. The molecule has 2 atom stereocenters. The fraction of sp³-hybridized carbons (Fsp3) is 0.647. The van der Waals surface area contributed by atoms with Gasteiger partial charge in [0.25, 0.3) is 0 Å². The predicted molar refractivity (Wildman–Crippen MR) is 84.3 cm³/mol. The number of rotatable bonds is 9. The molecule has 3 nitrogen and oxygen atoms in total. The minimum Gasteiger partial charge on any atom is -0.494 e. The van der Waals surface area contributed by atoms with Gasteiger partial charge in [-0.2, -0.15) is 0 Å². The molecule has 2 unspecified atom stereocenters. The first kappa shape index (κ1) is 17.0. The van der Waals surface area contributed by atoms with E-state index in [4.69, 9.17) is 10.5 Å². The molecule has 20 heavy (non-hydrogen) atoms. The van der Waals surface area contributed by atoms with Crippen molar-refractivity contribution in [3.8, 4) is 5.75 Å². The van der Waals surface area contributed by atoms with Gasteiger partial charge in [0, 0.05) is 6.54 Å². The average molecular weight is 279 g/mol. The first-order valence-corrected chi connectivity index (χ1v) is 7.79. The number of hydrogen-bond donors (Lipinski definition) is 2. The molecule has 0 aliphatic rings.